The van der Waals surface area contributed by atoms with Gasteiger partial charge in [0.05, 0.1) is 13.2 Å². The molecule has 1 aliphatic rings. The van der Waals surface area contributed by atoms with Gasteiger partial charge in [0.2, 0.25) is 0 Å². The van der Waals surface area contributed by atoms with Gasteiger partial charge in [-0.1, -0.05) is 12.1 Å². The van der Waals surface area contributed by atoms with Crippen molar-refractivity contribution in [3.63, 3.8) is 0 Å². The number of benzene rings is 1. The Labute approximate surface area is 144 Å². The van der Waals surface area contributed by atoms with Crippen molar-refractivity contribution in [2.24, 2.45) is 0 Å². The predicted octanol–water partition coefficient (Wildman–Crippen LogP) is 1.95. The largest absolute Gasteiger partial charge is 0.497 e. The molecule has 1 fully saturated rings. The van der Waals surface area contributed by atoms with Crippen molar-refractivity contribution in [3.8, 4) is 5.75 Å². The lowest BCUT2D eigenvalue weighted by Crippen LogP contribution is -2.52. The fraction of sp³-hybridized carbons (Fsp3) is 0.611. The highest BCUT2D eigenvalue weighted by Crippen LogP contribution is 2.24. The summed E-state index contributed by atoms with van der Waals surface area (Å²) in [6.07, 6.45) is 2.85. The molecular formula is C18H28N2O4. The highest BCUT2D eigenvalue weighted by atomic mass is 16.5. The van der Waals surface area contributed by atoms with Gasteiger partial charge in [-0.3, -0.25) is 10.2 Å². The Morgan fingerprint density at radius 2 is 1.96 bits per heavy atom. The monoisotopic (exact) mass is 336 g/mol. The van der Waals surface area contributed by atoms with E-state index in [2.05, 4.69) is 17.1 Å². The van der Waals surface area contributed by atoms with Crippen LogP contribution in [0.3, 0.4) is 0 Å². The van der Waals surface area contributed by atoms with E-state index in [1.54, 1.807) is 21.3 Å². The summed E-state index contributed by atoms with van der Waals surface area (Å²) in [7, 11) is 5.01. The van der Waals surface area contributed by atoms with E-state index in [-0.39, 0.29) is 18.5 Å². The van der Waals surface area contributed by atoms with E-state index in [1.807, 2.05) is 24.3 Å². The quantitative estimate of drug-likeness (QED) is 0.549. The van der Waals surface area contributed by atoms with E-state index in [9.17, 15) is 4.79 Å². The molecule has 4 unspecified atom stereocenters. The number of ether oxygens (including phenoxy) is 3. The smallest absolute Gasteiger partial charge is 0.141 e. The van der Waals surface area contributed by atoms with E-state index < -0.39 is 6.04 Å². The van der Waals surface area contributed by atoms with E-state index in [1.165, 1.54) is 0 Å². The Bertz CT molecular complexity index is 508. The number of hydrogen-bond donors (Lipinski definition) is 1. The van der Waals surface area contributed by atoms with E-state index in [0.29, 0.717) is 0 Å². The zero-order chi connectivity index (χ0) is 17.5. The summed E-state index contributed by atoms with van der Waals surface area (Å²) in [4.78, 5) is 13.9. The van der Waals surface area contributed by atoms with Gasteiger partial charge in [0.15, 0.2) is 0 Å². The second-order valence-corrected chi connectivity index (χ2v) is 6.02. The van der Waals surface area contributed by atoms with E-state index in [4.69, 9.17) is 14.2 Å². The maximum atomic E-state index is 11.6. The standard InChI is InChI=1S/C18H28N2O4/c1-13(20-11-5-6-17(20)23-3)18(24-4)19-16(12-21)14-7-9-15(22-2)10-8-14/h7-10,12-13,16-19H,5-6,11H2,1-4H3. The van der Waals surface area contributed by atoms with Crippen molar-refractivity contribution in [2.75, 3.05) is 27.9 Å². The Hall–Kier alpha value is -1.47. The highest BCUT2D eigenvalue weighted by molar-refractivity contribution is 5.61. The second-order valence-electron chi connectivity index (χ2n) is 6.02. The molecule has 24 heavy (non-hydrogen) atoms. The molecule has 0 bridgehead atoms. The molecule has 0 aromatic heterocycles. The lowest BCUT2D eigenvalue weighted by atomic mass is 10.1. The molecule has 1 saturated heterocycles. The molecule has 1 heterocycles. The number of rotatable bonds is 9. The van der Waals surface area contributed by atoms with Crippen molar-refractivity contribution >= 4 is 6.29 Å². The third kappa shape index (κ3) is 4.33. The van der Waals surface area contributed by atoms with Crippen molar-refractivity contribution < 1.29 is 19.0 Å². The van der Waals surface area contributed by atoms with Crippen molar-refractivity contribution in [1.82, 2.24) is 10.2 Å². The number of methoxy groups -OCH3 is 3. The molecule has 6 heteroatoms. The van der Waals surface area contributed by atoms with Gasteiger partial charge in [-0.05, 0) is 37.5 Å². The molecule has 0 aliphatic carbocycles. The first-order chi connectivity index (χ1) is 11.6. The Morgan fingerprint density at radius 3 is 2.50 bits per heavy atom. The van der Waals surface area contributed by atoms with Gasteiger partial charge >= 0.3 is 0 Å². The minimum Gasteiger partial charge on any atom is -0.497 e. The topological polar surface area (TPSA) is 60.0 Å². The summed E-state index contributed by atoms with van der Waals surface area (Å²) in [5.41, 5.74) is 0.879. The first-order valence-electron chi connectivity index (χ1n) is 8.31. The molecule has 0 radical (unpaired) electrons. The minimum absolute atomic E-state index is 0.0862. The van der Waals surface area contributed by atoms with Crippen molar-refractivity contribution in [3.05, 3.63) is 29.8 Å². The van der Waals surface area contributed by atoms with Crippen LogP contribution in [0.25, 0.3) is 0 Å². The summed E-state index contributed by atoms with van der Waals surface area (Å²) in [5.74, 6) is 0.764. The molecule has 134 valence electrons. The first-order valence-corrected chi connectivity index (χ1v) is 8.31. The maximum Gasteiger partial charge on any atom is 0.141 e. The van der Waals surface area contributed by atoms with Crippen LogP contribution in [0.5, 0.6) is 5.75 Å². The maximum absolute atomic E-state index is 11.6. The molecule has 1 N–H and O–H groups in total. The molecule has 0 spiro atoms. The van der Waals surface area contributed by atoms with Gasteiger partial charge < -0.3 is 19.0 Å². The van der Waals surface area contributed by atoms with E-state index >= 15 is 0 Å². The van der Waals surface area contributed by atoms with Crippen LogP contribution in [-0.2, 0) is 14.3 Å². The van der Waals surface area contributed by atoms with Gasteiger partial charge in [-0.2, -0.15) is 0 Å². The number of nitrogens with one attached hydrogen (secondary N) is 1. The Kier molecular flexibility index (Phi) is 7.17. The van der Waals surface area contributed by atoms with Crippen LogP contribution in [-0.4, -0.2) is 57.6 Å². The highest BCUT2D eigenvalue weighted by Gasteiger charge is 2.33. The third-order valence-electron chi connectivity index (χ3n) is 4.68. The Morgan fingerprint density at radius 1 is 1.25 bits per heavy atom. The number of likely N-dealkylation sites (tertiary alicyclic amines) is 1. The molecule has 1 aromatic carbocycles. The number of aldehydes is 1. The molecule has 4 atom stereocenters. The average molecular weight is 336 g/mol. The van der Waals surface area contributed by atoms with Crippen LogP contribution in [0.4, 0.5) is 0 Å². The molecule has 6 nitrogen and oxygen atoms in total. The molecule has 0 amide bonds. The molecular weight excluding hydrogens is 308 g/mol. The lowest BCUT2D eigenvalue weighted by Gasteiger charge is -2.35. The van der Waals surface area contributed by atoms with Crippen LogP contribution < -0.4 is 10.1 Å². The number of carbonyl (C=O) groups is 1. The molecule has 1 aliphatic heterocycles. The summed E-state index contributed by atoms with van der Waals surface area (Å²) in [6.45, 7) is 3.06. The fourth-order valence-corrected chi connectivity index (χ4v) is 3.26. The average Bonchev–Trinajstić information content (AvgIpc) is 3.11. The first kappa shape index (κ1) is 18.9. The van der Waals surface area contributed by atoms with Crippen LogP contribution in [0.2, 0.25) is 0 Å². The van der Waals surface area contributed by atoms with Gasteiger partial charge in [0, 0.05) is 26.8 Å². The summed E-state index contributed by atoms with van der Waals surface area (Å²) in [6, 6.07) is 7.11. The summed E-state index contributed by atoms with van der Waals surface area (Å²) < 4.78 is 16.3. The molecule has 2 rings (SSSR count). The minimum atomic E-state index is -0.438. The molecule has 0 saturated carbocycles. The van der Waals surface area contributed by atoms with Crippen molar-refractivity contribution in [2.45, 2.75) is 44.3 Å². The predicted molar refractivity (Wildman–Crippen MR) is 91.9 cm³/mol. The van der Waals surface area contributed by atoms with Crippen LogP contribution in [0, 0.1) is 0 Å². The zero-order valence-electron chi connectivity index (χ0n) is 14.9. The van der Waals surface area contributed by atoms with E-state index in [0.717, 1.165) is 37.0 Å². The van der Waals surface area contributed by atoms with Crippen molar-refractivity contribution in [1.29, 1.82) is 0 Å². The van der Waals surface area contributed by atoms with Gasteiger partial charge in [-0.15, -0.1) is 0 Å². The summed E-state index contributed by atoms with van der Waals surface area (Å²) in [5, 5.41) is 3.30. The normalized spacial score (nSPS) is 22.1. The van der Waals surface area contributed by atoms with Crippen LogP contribution in [0.15, 0.2) is 24.3 Å². The zero-order valence-corrected chi connectivity index (χ0v) is 14.9. The van der Waals surface area contributed by atoms with Crippen LogP contribution >= 0.6 is 0 Å². The SMILES string of the molecule is COc1ccc(C(C=O)NC(OC)C(C)N2CCCC2OC)cc1. The molecule has 1 aromatic rings. The van der Waals surface area contributed by atoms with Gasteiger partial charge in [0.25, 0.3) is 0 Å². The Balaban J connectivity index is 2.07. The fourth-order valence-electron chi connectivity index (χ4n) is 3.26. The van der Waals surface area contributed by atoms with Gasteiger partial charge in [-0.25, -0.2) is 0 Å². The van der Waals surface area contributed by atoms with Crippen LogP contribution in [0.1, 0.15) is 31.4 Å². The second kappa shape index (κ2) is 9.13. The lowest BCUT2D eigenvalue weighted by molar-refractivity contribution is -0.112. The summed E-state index contributed by atoms with van der Waals surface area (Å²) >= 11 is 0. The van der Waals surface area contributed by atoms with Gasteiger partial charge in [0.1, 0.15) is 24.5 Å². The third-order valence-corrected chi connectivity index (χ3v) is 4.68. The number of hydrogen-bond acceptors (Lipinski definition) is 6. The number of nitrogens with zero attached hydrogens (tertiary/aromatic N) is 1. The number of carbonyl (C=O) groups excluding carboxylic acids is 1.